The summed E-state index contributed by atoms with van der Waals surface area (Å²) < 4.78 is 15.8. The number of hydrogen-bond donors (Lipinski definition) is 1. The zero-order valence-electron chi connectivity index (χ0n) is 16.6. The summed E-state index contributed by atoms with van der Waals surface area (Å²) in [7, 11) is 0. The van der Waals surface area contributed by atoms with E-state index in [1.165, 1.54) is 42.7 Å². The fourth-order valence-corrected chi connectivity index (χ4v) is 4.94. The number of nitrogens with zero attached hydrogens (tertiary/aromatic N) is 4. The van der Waals surface area contributed by atoms with E-state index in [9.17, 15) is 9.50 Å². The van der Waals surface area contributed by atoms with Crippen LogP contribution < -0.4 is 4.90 Å². The van der Waals surface area contributed by atoms with E-state index in [1.54, 1.807) is 6.07 Å². The molecular formula is C23H27FN4O. The normalized spacial score (nSPS) is 19.5. The topological polar surface area (TPSA) is 53.7 Å². The molecule has 1 fully saturated rings. The van der Waals surface area contributed by atoms with Gasteiger partial charge in [0.2, 0.25) is 0 Å². The monoisotopic (exact) mass is 394 g/mol. The second kappa shape index (κ2) is 7.75. The lowest BCUT2D eigenvalue weighted by Crippen LogP contribution is -2.42. The van der Waals surface area contributed by atoms with Crippen molar-refractivity contribution < 1.29 is 9.50 Å². The first-order valence-corrected chi connectivity index (χ1v) is 10.8. The molecule has 1 aliphatic heterocycles. The fraction of sp³-hybridized carbons (Fsp3) is 0.478. The van der Waals surface area contributed by atoms with Crippen LogP contribution in [0.2, 0.25) is 0 Å². The number of halogens is 1. The van der Waals surface area contributed by atoms with Crippen molar-refractivity contribution >= 4 is 11.5 Å². The maximum Gasteiger partial charge on any atom is 0.158 e. The van der Waals surface area contributed by atoms with E-state index in [-0.39, 0.29) is 12.4 Å². The maximum atomic E-state index is 13.8. The number of aliphatic hydroxyl groups is 1. The first-order chi connectivity index (χ1) is 14.2. The van der Waals surface area contributed by atoms with Crippen LogP contribution in [0, 0.1) is 5.82 Å². The average Bonchev–Trinajstić information content (AvgIpc) is 3.16. The Morgan fingerprint density at radius 1 is 1.10 bits per heavy atom. The third kappa shape index (κ3) is 3.39. The molecule has 1 aromatic carbocycles. The Morgan fingerprint density at radius 2 is 2.00 bits per heavy atom. The number of benzene rings is 1. The van der Waals surface area contributed by atoms with E-state index in [4.69, 9.17) is 10.1 Å². The molecule has 0 saturated carbocycles. The second-order valence-electron chi connectivity index (χ2n) is 8.23. The Balaban J connectivity index is 1.69. The number of aliphatic hydroxyl groups excluding tert-OH is 1. The van der Waals surface area contributed by atoms with Crippen molar-refractivity contribution in [3.05, 3.63) is 47.4 Å². The zero-order chi connectivity index (χ0) is 19.8. The lowest BCUT2D eigenvalue weighted by Gasteiger charge is -2.39. The number of anilines is 1. The van der Waals surface area contributed by atoms with Crippen molar-refractivity contribution in [1.29, 1.82) is 0 Å². The lowest BCUT2D eigenvalue weighted by molar-refractivity contribution is 0.261. The number of aromatic nitrogens is 3. The Kier molecular flexibility index (Phi) is 4.96. The molecule has 5 rings (SSSR count). The van der Waals surface area contributed by atoms with E-state index in [0.717, 1.165) is 61.4 Å². The second-order valence-corrected chi connectivity index (χ2v) is 8.23. The molecule has 3 heterocycles. The number of fused-ring (bicyclic) bond motifs is 2. The highest BCUT2D eigenvalue weighted by atomic mass is 19.1. The lowest BCUT2D eigenvalue weighted by atomic mass is 9.93. The van der Waals surface area contributed by atoms with Crippen LogP contribution in [0.1, 0.15) is 49.8 Å². The van der Waals surface area contributed by atoms with Gasteiger partial charge in [-0.2, -0.15) is 9.61 Å². The van der Waals surface area contributed by atoms with Crippen molar-refractivity contribution in [3.63, 3.8) is 0 Å². The van der Waals surface area contributed by atoms with Gasteiger partial charge in [-0.3, -0.25) is 0 Å². The quantitative estimate of drug-likeness (QED) is 0.722. The summed E-state index contributed by atoms with van der Waals surface area (Å²) in [5, 5.41) is 14.5. The molecule has 6 heteroatoms. The summed E-state index contributed by atoms with van der Waals surface area (Å²) in [6.45, 7) is 1.18. The minimum atomic E-state index is -0.258. The third-order valence-corrected chi connectivity index (χ3v) is 6.33. The zero-order valence-corrected chi connectivity index (χ0v) is 16.6. The van der Waals surface area contributed by atoms with E-state index in [0.29, 0.717) is 6.04 Å². The van der Waals surface area contributed by atoms with E-state index in [2.05, 4.69) is 4.90 Å². The van der Waals surface area contributed by atoms with E-state index in [1.807, 2.05) is 16.6 Å². The van der Waals surface area contributed by atoms with Crippen LogP contribution >= 0.6 is 0 Å². The minimum Gasteiger partial charge on any atom is -0.396 e. The molecule has 29 heavy (non-hydrogen) atoms. The predicted octanol–water partition coefficient (Wildman–Crippen LogP) is 4.16. The van der Waals surface area contributed by atoms with Crippen molar-refractivity contribution in [3.8, 4) is 11.3 Å². The number of rotatable bonds is 4. The summed E-state index contributed by atoms with van der Waals surface area (Å²) >= 11 is 0. The van der Waals surface area contributed by atoms with Crippen LogP contribution in [0.4, 0.5) is 10.2 Å². The van der Waals surface area contributed by atoms with Crippen LogP contribution in [0.25, 0.3) is 16.9 Å². The molecule has 2 aliphatic rings. The summed E-state index contributed by atoms with van der Waals surface area (Å²) in [4.78, 5) is 7.40. The fourth-order valence-electron chi connectivity index (χ4n) is 4.94. The van der Waals surface area contributed by atoms with Crippen molar-refractivity contribution in [1.82, 2.24) is 14.6 Å². The molecule has 0 unspecified atom stereocenters. The Bertz CT molecular complexity index is 1030. The molecule has 0 amide bonds. The molecule has 1 saturated heterocycles. The molecule has 2 aromatic heterocycles. The van der Waals surface area contributed by atoms with Gasteiger partial charge in [0.25, 0.3) is 0 Å². The number of aryl methyl sites for hydroxylation is 1. The van der Waals surface area contributed by atoms with Gasteiger partial charge >= 0.3 is 0 Å². The van der Waals surface area contributed by atoms with Gasteiger partial charge in [-0.05, 0) is 63.5 Å². The van der Waals surface area contributed by atoms with Crippen molar-refractivity contribution in [2.75, 3.05) is 18.1 Å². The van der Waals surface area contributed by atoms with Crippen LogP contribution in [0.3, 0.4) is 0 Å². The van der Waals surface area contributed by atoms with Gasteiger partial charge in [-0.15, -0.1) is 0 Å². The summed E-state index contributed by atoms with van der Waals surface area (Å²) in [5.41, 5.74) is 4.83. The van der Waals surface area contributed by atoms with Crippen molar-refractivity contribution in [2.24, 2.45) is 0 Å². The number of hydrogen-bond acceptors (Lipinski definition) is 4. The van der Waals surface area contributed by atoms with Crippen LogP contribution in [-0.4, -0.2) is 38.9 Å². The summed E-state index contributed by atoms with van der Waals surface area (Å²) in [6.07, 6.45) is 8.57. The highest BCUT2D eigenvalue weighted by Gasteiger charge is 2.29. The van der Waals surface area contributed by atoms with Crippen molar-refractivity contribution in [2.45, 2.75) is 57.4 Å². The van der Waals surface area contributed by atoms with Gasteiger partial charge < -0.3 is 10.0 Å². The first-order valence-electron chi connectivity index (χ1n) is 10.8. The smallest absolute Gasteiger partial charge is 0.158 e. The van der Waals surface area contributed by atoms with Gasteiger partial charge in [-0.1, -0.05) is 12.1 Å². The molecule has 152 valence electrons. The molecule has 3 aromatic rings. The molecule has 1 N–H and O–H groups in total. The largest absolute Gasteiger partial charge is 0.396 e. The van der Waals surface area contributed by atoms with E-state index < -0.39 is 0 Å². The highest BCUT2D eigenvalue weighted by Crippen LogP contribution is 2.35. The van der Waals surface area contributed by atoms with Gasteiger partial charge in [-0.25, -0.2) is 9.37 Å². The van der Waals surface area contributed by atoms with Crippen LogP contribution in [0.5, 0.6) is 0 Å². The van der Waals surface area contributed by atoms with E-state index >= 15 is 0 Å². The van der Waals surface area contributed by atoms with Gasteiger partial charge in [0.05, 0.1) is 5.69 Å². The highest BCUT2D eigenvalue weighted by molar-refractivity contribution is 5.67. The molecular weight excluding hydrogens is 367 g/mol. The maximum absolute atomic E-state index is 13.8. The molecule has 0 bridgehead atoms. The van der Waals surface area contributed by atoms with Crippen LogP contribution in [0.15, 0.2) is 30.3 Å². The molecule has 0 spiro atoms. The Morgan fingerprint density at radius 3 is 2.86 bits per heavy atom. The van der Waals surface area contributed by atoms with Gasteiger partial charge in [0.1, 0.15) is 11.6 Å². The Hall–Kier alpha value is -2.47. The summed E-state index contributed by atoms with van der Waals surface area (Å²) in [5.74, 6) is 0.886. The summed E-state index contributed by atoms with van der Waals surface area (Å²) in [6, 6.07) is 8.88. The van der Waals surface area contributed by atoms with Gasteiger partial charge in [0.15, 0.2) is 5.65 Å². The average molecular weight is 394 g/mol. The SMILES string of the molecule is OCC[C@@H]1CCCCN1c1c2c(nc3cc(-c4cccc(F)c4)nn13)CCCC2. The molecule has 1 aliphatic carbocycles. The third-order valence-electron chi connectivity index (χ3n) is 6.33. The van der Waals surface area contributed by atoms with Crippen LogP contribution in [-0.2, 0) is 12.8 Å². The minimum absolute atomic E-state index is 0.200. The molecule has 5 nitrogen and oxygen atoms in total. The van der Waals surface area contributed by atoms with Gasteiger partial charge in [0, 0.05) is 42.1 Å². The molecule has 1 atom stereocenters. The predicted molar refractivity (Wildman–Crippen MR) is 112 cm³/mol. The first kappa shape index (κ1) is 18.6. The number of piperidine rings is 1. The standard InChI is InChI=1S/C23H27FN4O/c24-17-7-5-6-16(14-17)21-15-22-25-20-10-2-1-9-19(20)23(28(22)26-21)27-12-4-3-8-18(27)11-13-29/h5-7,14-15,18,29H,1-4,8-13H2/t18-/m0/s1. The molecule has 0 radical (unpaired) electrons. The Labute approximate surface area is 170 Å².